The quantitative estimate of drug-likeness (QED) is 0.405. The Balaban J connectivity index is 1.17. The van der Waals surface area contributed by atoms with Crippen molar-refractivity contribution in [2.45, 2.75) is 57.7 Å². The molecule has 1 N–H and O–H groups in total. The van der Waals surface area contributed by atoms with Crippen molar-refractivity contribution in [1.82, 2.24) is 19.7 Å². The van der Waals surface area contributed by atoms with Gasteiger partial charge in [-0.15, -0.1) is 0 Å². The number of carbonyl (C=O) groups is 1. The minimum Gasteiger partial charge on any atom is -0.388 e. The van der Waals surface area contributed by atoms with Crippen LogP contribution in [0.4, 0.5) is 0 Å². The summed E-state index contributed by atoms with van der Waals surface area (Å²) in [5, 5.41) is 16.9. The lowest BCUT2D eigenvalue weighted by Gasteiger charge is -2.36. The van der Waals surface area contributed by atoms with E-state index in [2.05, 4.69) is 15.1 Å². The van der Waals surface area contributed by atoms with E-state index in [1.54, 1.807) is 24.8 Å². The number of ketones is 1. The van der Waals surface area contributed by atoms with Gasteiger partial charge in [-0.25, -0.2) is 0 Å². The van der Waals surface area contributed by atoms with Crippen molar-refractivity contribution < 1.29 is 9.90 Å². The van der Waals surface area contributed by atoms with Crippen molar-refractivity contribution in [3.63, 3.8) is 0 Å². The third-order valence-electron chi connectivity index (χ3n) is 7.55. The van der Waals surface area contributed by atoms with Crippen LogP contribution in [0, 0.1) is 12.8 Å². The minimum absolute atomic E-state index is 0.125. The van der Waals surface area contributed by atoms with Crippen LogP contribution in [0.5, 0.6) is 0 Å². The summed E-state index contributed by atoms with van der Waals surface area (Å²) in [6.45, 7) is 3.03. The van der Waals surface area contributed by atoms with Crippen LogP contribution in [0.15, 0.2) is 66.2 Å². The summed E-state index contributed by atoms with van der Waals surface area (Å²) >= 11 is 0. The number of aliphatic imine (C=N–C) groups is 1. The van der Waals surface area contributed by atoms with Crippen molar-refractivity contribution in [2.75, 3.05) is 0 Å². The molecule has 6 rings (SSSR count). The number of rotatable bonds is 6. The number of Topliss-reactive ketones (excluding diaryl/α,β-unsaturated/α-hetero) is 1. The summed E-state index contributed by atoms with van der Waals surface area (Å²) in [6.07, 6.45) is 10.7. The molecule has 7 nitrogen and oxygen atoms in total. The molecule has 7 heteroatoms. The predicted molar refractivity (Wildman–Crippen MR) is 138 cm³/mol. The number of aromatic nitrogens is 4. The van der Waals surface area contributed by atoms with Crippen molar-refractivity contribution in [3.8, 4) is 0 Å². The summed E-state index contributed by atoms with van der Waals surface area (Å²) in [4.78, 5) is 26.5. The molecular formula is C29H29N5O2. The van der Waals surface area contributed by atoms with Gasteiger partial charge in [-0.3, -0.25) is 24.4 Å². The average molecular weight is 480 g/mol. The van der Waals surface area contributed by atoms with Crippen LogP contribution >= 0.6 is 0 Å². The van der Waals surface area contributed by atoms with E-state index in [0.29, 0.717) is 37.9 Å². The Kier molecular flexibility index (Phi) is 5.72. The topological polar surface area (TPSA) is 93.3 Å². The molecule has 0 radical (unpaired) electrons. The zero-order valence-electron chi connectivity index (χ0n) is 20.4. The standard InChI is InChI=1S/C29H29N5O2/c1-19-11-22(6-10-31-19)28-25-13-21(4-5-23(25)16-32-28)27(35)12-20-3-2-8-29(36,14-20)18-34-26-7-9-30-15-24(26)17-33-34/h4-7,9-11,13,15,17,20,36H,2-3,8,12,14,16,18H2,1H3/t20-,29-/m0/s1. The number of benzene rings is 1. The van der Waals surface area contributed by atoms with Crippen molar-refractivity contribution in [2.24, 2.45) is 10.9 Å². The number of carbonyl (C=O) groups excluding carboxylic acids is 1. The third kappa shape index (κ3) is 4.35. The van der Waals surface area contributed by atoms with E-state index in [1.807, 2.05) is 48.0 Å². The lowest BCUT2D eigenvalue weighted by Crippen LogP contribution is -2.40. The Morgan fingerprint density at radius 3 is 2.97 bits per heavy atom. The van der Waals surface area contributed by atoms with Gasteiger partial charge in [0.1, 0.15) is 0 Å². The molecule has 0 unspecified atom stereocenters. The van der Waals surface area contributed by atoms with E-state index in [9.17, 15) is 9.90 Å². The van der Waals surface area contributed by atoms with E-state index in [-0.39, 0.29) is 11.7 Å². The predicted octanol–water partition coefficient (Wildman–Crippen LogP) is 4.68. The molecule has 1 fully saturated rings. The Labute approximate surface area is 209 Å². The van der Waals surface area contributed by atoms with Gasteiger partial charge in [-0.2, -0.15) is 5.10 Å². The van der Waals surface area contributed by atoms with Crippen LogP contribution in [-0.2, 0) is 13.1 Å². The Morgan fingerprint density at radius 2 is 2.08 bits per heavy atom. The smallest absolute Gasteiger partial charge is 0.163 e. The molecule has 1 aliphatic carbocycles. The highest BCUT2D eigenvalue weighted by Crippen LogP contribution is 2.37. The number of aryl methyl sites for hydroxylation is 1. The van der Waals surface area contributed by atoms with Gasteiger partial charge in [0.05, 0.1) is 36.1 Å². The number of hydrogen-bond donors (Lipinski definition) is 1. The van der Waals surface area contributed by atoms with Gasteiger partial charge in [0, 0.05) is 52.8 Å². The highest BCUT2D eigenvalue weighted by atomic mass is 16.3. The molecule has 0 amide bonds. The van der Waals surface area contributed by atoms with Crippen LogP contribution in [-0.4, -0.2) is 42.0 Å². The number of pyridine rings is 2. The lowest BCUT2D eigenvalue weighted by atomic mass is 9.75. The van der Waals surface area contributed by atoms with Gasteiger partial charge in [-0.05, 0) is 61.9 Å². The summed E-state index contributed by atoms with van der Waals surface area (Å²) < 4.78 is 1.86. The normalized spacial score (nSPS) is 21.4. The maximum Gasteiger partial charge on any atom is 0.163 e. The van der Waals surface area contributed by atoms with Crippen molar-refractivity contribution >= 4 is 22.4 Å². The molecule has 1 aliphatic heterocycles. The number of nitrogens with zero attached hydrogens (tertiary/aromatic N) is 5. The molecule has 36 heavy (non-hydrogen) atoms. The molecule has 3 aromatic heterocycles. The van der Waals surface area contributed by atoms with E-state index in [1.165, 1.54) is 0 Å². The SMILES string of the molecule is Cc1cc(C2=NCc3ccc(C(=O)C[C@@H]4CCC[C@@](O)(Cn5ncc6cnccc65)C4)cc32)ccn1. The molecule has 0 saturated heterocycles. The first-order chi connectivity index (χ1) is 17.5. The van der Waals surface area contributed by atoms with E-state index in [0.717, 1.165) is 51.8 Å². The van der Waals surface area contributed by atoms with Crippen LogP contribution < -0.4 is 0 Å². The van der Waals surface area contributed by atoms with Gasteiger partial charge in [0.15, 0.2) is 5.78 Å². The fourth-order valence-corrected chi connectivity index (χ4v) is 5.79. The molecule has 0 bridgehead atoms. The van der Waals surface area contributed by atoms with Crippen LogP contribution in [0.1, 0.15) is 64.8 Å². The number of hydrogen-bond acceptors (Lipinski definition) is 6. The molecule has 4 heterocycles. The highest BCUT2D eigenvalue weighted by Gasteiger charge is 2.36. The highest BCUT2D eigenvalue weighted by molar-refractivity contribution is 6.16. The van der Waals surface area contributed by atoms with E-state index < -0.39 is 5.60 Å². The number of fused-ring (bicyclic) bond motifs is 2. The molecule has 2 aliphatic rings. The Morgan fingerprint density at radius 1 is 1.17 bits per heavy atom. The largest absolute Gasteiger partial charge is 0.388 e. The zero-order chi connectivity index (χ0) is 24.7. The second kappa shape index (κ2) is 9.06. The zero-order valence-corrected chi connectivity index (χ0v) is 20.4. The molecule has 0 spiro atoms. The van der Waals surface area contributed by atoms with Gasteiger partial charge in [-0.1, -0.05) is 18.6 Å². The van der Waals surface area contributed by atoms with Crippen molar-refractivity contribution in [1.29, 1.82) is 0 Å². The second-order valence-corrected chi connectivity index (χ2v) is 10.3. The molecule has 2 atom stereocenters. The van der Waals surface area contributed by atoms with E-state index in [4.69, 9.17) is 4.99 Å². The maximum absolute atomic E-state index is 13.4. The van der Waals surface area contributed by atoms with Crippen LogP contribution in [0.3, 0.4) is 0 Å². The van der Waals surface area contributed by atoms with Crippen LogP contribution in [0.2, 0.25) is 0 Å². The van der Waals surface area contributed by atoms with Crippen LogP contribution in [0.25, 0.3) is 10.9 Å². The average Bonchev–Trinajstić information content (AvgIpc) is 3.48. The second-order valence-electron chi connectivity index (χ2n) is 10.3. The summed E-state index contributed by atoms with van der Waals surface area (Å²) in [5.74, 6) is 0.267. The molecule has 4 aromatic rings. The molecule has 1 saturated carbocycles. The Hall–Kier alpha value is -3.71. The monoisotopic (exact) mass is 479 g/mol. The summed E-state index contributed by atoms with van der Waals surface area (Å²) in [5.41, 5.74) is 5.90. The lowest BCUT2D eigenvalue weighted by molar-refractivity contribution is -0.0317. The Bertz CT molecular complexity index is 1490. The fraction of sp³-hybridized carbons (Fsp3) is 0.345. The third-order valence-corrected chi connectivity index (χ3v) is 7.55. The van der Waals surface area contributed by atoms with Gasteiger partial charge in [0.25, 0.3) is 0 Å². The molecule has 182 valence electrons. The van der Waals surface area contributed by atoms with Gasteiger partial charge < -0.3 is 5.11 Å². The first-order valence-corrected chi connectivity index (χ1v) is 12.6. The fourth-order valence-electron chi connectivity index (χ4n) is 5.79. The first-order valence-electron chi connectivity index (χ1n) is 12.6. The van der Waals surface area contributed by atoms with Gasteiger partial charge in [0.2, 0.25) is 0 Å². The first kappa shape index (κ1) is 22.7. The molecule has 1 aromatic carbocycles. The maximum atomic E-state index is 13.4. The van der Waals surface area contributed by atoms with E-state index >= 15 is 0 Å². The molecular weight excluding hydrogens is 450 g/mol. The summed E-state index contributed by atoms with van der Waals surface area (Å²) in [7, 11) is 0. The minimum atomic E-state index is -0.873. The van der Waals surface area contributed by atoms with Crippen molar-refractivity contribution in [3.05, 3.63) is 89.1 Å². The van der Waals surface area contributed by atoms with Gasteiger partial charge >= 0.3 is 0 Å². The number of aliphatic hydroxyl groups is 1. The summed E-state index contributed by atoms with van der Waals surface area (Å²) in [6, 6.07) is 11.9.